The summed E-state index contributed by atoms with van der Waals surface area (Å²) in [6.45, 7) is 0.483. The van der Waals surface area contributed by atoms with E-state index in [1.54, 1.807) is 30.7 Å². The van der Waals surface area contributed by atoms with Crippen LogP contribution in [-0.2, 0) is 6.42 Å². The van der Waals surface area contributed by atoms with Gasteiger partial charge in [-0.25, -0.2) is 9.97 Å². The lowest BCUT2D eigenvalue weighted by molar-refractivity contribution is 0.0954. The Hall–Kier alpha value is -3.54. The van der Waals surface area contributed by atoms with Gasteiger partial charge in [-0.3, -0.25) is 14.3 Å². The van der Waals surface area contributed by atoms with Crippen molar-refractivity contribution in [3.63, 3.8) is 0 Å². The second-order valence-electron chi connectivity index (χ2n) is 5.79. The summed E-state index contributed by atoms with van der Waals surface area (Å²) < 4.78 is 2.04. The number of pyridine rings is 2. The van der Waals surface area contributed by atoms with E-state index in [1.165, 1.54) is 0 Å². The summed E-state index contributed by atoms with van der Waals surface area (Å²) in [5, 5.41) is 2.93. The van der Waals surface area contributed by atoms with Crippen LogP contribution in [0.5, 0.6) is 0 Å². The average Bonchev–Trinajstić information content (AvgIpc) is 3.07. The van der Waals surface area contributed by atoms with Crippen LogP contribution in [0, 0.1) is 0 Å². The molecule has 0 bridgehead atoms. The van der Waals surface area contributed by atoms with Crippen molar-refractivity contribution in [1.29, 1.82) is 0 Å². The van der Waals surface area contributed by atoms with Crippen molar-refractivity contribution in [2.24, 2.45) is 0 Å². The zero-order valence-corrected chi connectivity index (χ0v) is 14.0. The van der Waals surface area contributed by atoms with Crippen LogP contribution in [0.3, 0.4) is 0 Å². The van der Waals surface area contributed by atoms with E-state index in [4.69, 9.17) is 4.98 Å². The Morgan fingerprint density at radius 3 is 2.58 bits per heavy atom. The monoisotopic (exact) mass is 343 g/mol. The van der Waals surface area contributed by atoms with Crippen LogP contribution in [0.25, 0.3) is 16.9 Å². The molecular weight excluding hydrogens is 326 g/mol. The van der Waals surface area contributed by atoms with E-state index in [9.17, 15) is 4.79 Å². The maximum Gasteiger partial charge on any atom is 0.251 e. The zero-order valence-electron chi connectivity index (χ0n) is 14.0. The van der Waals surface area contributed by atoms with Crippen molar-refractivity contribution < 1.29 is 4.79 Å². The fourth-order valence-electron chi connectivity index (χ4n) is 2.87. The van der Waals surface area contributed by atoms with E-state index in [1.807, 2.05) is 47.0 Å². The molecule has 0 fully saturated rings. The van der Waals surface area contributed by atoms with Gasteiger partial charge in [0.05, 0.1) is 0 Å². The van der Waals surface area contributed by atoms with Crippen LogP contribution < -0.4 is 5.32 Å². The number of fused-ring (bicyclic) bond motifs is 1. The van der Waals surface area contributed by atoms with Crippen molar-refractivity contribution in [2.45, 2.75) is 6.42 Å². The first-order chi connectivity index (χ1) is 12.8. The number of imidazole rings is 1. The standard InChI is InChI=1S/C20H17N5O/c26-20(15-8-12-21-13-9-15)23-14-10-18-24-17-7-4-11-22-19(17)25(18)16-5-2-1-3-6-16/h1-9,11-13H,10,14H2,(H,23,26). The minimum absolute atomic E-state index is 0.118. The highest BCUT2D eigenvalue weighted by Gasteiger charge is 2.13. The second kappa shape index (κ2) is 7.14. The highest BCUT2D eigenvalue weighted by Crippen LogP contribution is 2.19. The lowest BCUT2D eigenvalue weighted by Gasteiger charge is -2.09. The smallest absolute Gasteiger partial charge is 0.251 e. The highest BCUT2D eigenvalue weighted by molar-refractivity contribution is 5.93. The Morgan fingerprint density at radius 1 is 0.962 bits per heavy atom. The van der Waals surface area contributed by atoms with Gasteiger partial charge in [0, 0.05) is 42.8 Å². The van der Waals surface area contributed by atoms with Crippen LogP contribution in [0.1, 0.15) is 16.2 Å². The molecular formula is C20H17N5O. The summed E-state index contributed by atoms with van der Waals surface area (Å²) in [7, 11) is 0. The Labute approximate surface area is 150 Å². The van der Waals surface area contributed by atoms with Gasteiger partial charge < -0.3 is 5.32 Å². The normalized spacial score (nSPS) is 10.8. The summed E-state index contributed by atoms with van der Waals surface area (Å²) in [6, 6.07) is 17.2. The maximum atomic E-state index is 12.2. The van der Waals surface area contributed by atoms with Crippen LogP contribution in [-0.4, -0.2) is 32.0 Å². The first-order valence-electron chi connectivity index (χ1n) is 8.39. The number of para-hydroxylation sites is 1. The van der Waals surface area contributed by atoms with Crippen LogP contribution >= 0.6 is 0 Å². The quantitative estimate of drug-likeness (QED) is 0.605. The highest BCUT2D eigenvalue weighted by atomic mass is 16.1. The Balaban J connectivity index is 1.58. The summed E-state index contributed by atoms with van der Waals surface area (Å²) in [5.41, 5.74) is 3.25. The van der Waals surface area contributed by atoms with Crippen molar-refractivity contribution >= 4 is 17.1 Å². The molecule has 1 amide bonds. The van der Waals surface area contributed by atoms with Crippen LogP contribution in [0.2, 0.25) is 0 Å². The minimum Gasteiger partial charge on any atom is -0.352 e. The number of carbonyl (C=O) groups is 1. The molecule has 26 heavy (non-hydrogen) atoms. The van der Waals surface area contributed by atoms with Crippen molar-refractivity contribution in [1.82, 2.24) is 24.8 Å². The number of nitrogens with zero attached hydrogens (tertiary/aromatic N) is 4. The van der Waals surface area contributed by atoms with E-state index >= 15 is 0 Å². The van der Waals surface area contributed by atoms with Crippen LogP contribution in [0.4, 0.5) is 0 Å². The van der Waals surface area contributed by atoms with E-state index in [-0.39, 0.29) is 5.91 Å². The lowest BCUT2D eigenvalue weighted by atomic mass is 10.2. The number of rotatable bonds is 5. The average molecular weight is 343 g/mol. The number of hydrogen-bond acceptors (Lipinski definition) is 4. The van der Waals surface area contributed by atoms with E-state index in [0.717, 1.165) is 22.7 Å². The van der Waals surface area contributed by atoms with Gasteiger partial charge in [-0.15, -0.1) is 0 Å². The molecule has 0 aliphatic heterocycles. The summed E-state index contributed by atoms with van der Waals surface area (Å²) >= 11 is 0. The molecule has 128 valence electrons. The third kappa shape index (κ3) is 3.17. The number of aromatic nitrogens is 4. The molecule has 0 saturated heterocycles. The third-order valence-electron chi connectivity index (χ3n) is 4.08. The van der Waals surface area contributed by atoms with Gasteiger partial charge in [0.2, 0.25) is 0 Å². The molecule has 0 atom stereocenters. The first-order valence-corrected chi connectivity index (χ1v) is 8.39. The van der Waals surface area contributed by atoms with E-state index in [2.05, 4.69) is 15.3 Å². The fraction of sp³-hybridized carbons (Fsp3) is 0.100. The fourth-order valence-corrected chi connectivity index (χ4v) is 2.87. The molecule has 1 N–H and O–H groups in total. The SMILES string of the molecule is O=C(NCCc1nc2cccnc2n1-c1ccccc1)c1ccncc1. The summed E-state index contributed by atoms with van der Waals surface area (Å²) in [5.74, 6) is 0.743. The third-order valence-corrected chi connectivity index (χ3v) is 4.08. The first kappa shape index (κ1) is 16.0. The molecule has 0 aliphatic carbocycles. The maximum absolute atomic E-state index is 12.2. The van der Waals surface area contributed by atoms with Crippen molar-refractivity contribution in [3.8, 4) is 5.69 Å². The summed E-state index contributed by atoms with van der Waals surface area (Å²) in [4.78, 5) is 25.3. The number of nitrogens with one attached hydrogen (secondary N) is 1. The van der Waals surface area contributed by atoms with Crippen LogP contribution in [0.15, 0.2) is 73.2 Å². The lowest BCUT2D eigenvalue weighted by Crippen LogP contribution is -2.26. The number of carbonyl (C=O) groups excluding carboxylic acids is 1. The van der Waals surface area contributed by atoms with Gasteiger partial charge in [-0.1, -0.05) is 18.2 Å². The largest absolute Gasteiger partial charge is 0.352 e. The predicted molar refractivity (Wildman–Crippen MR) is 99.1 cm³/mol. The molecule has 6 nitrogen and oxygen atoms in total. The van der Waals surface area contributed by atoms with Gasteiger partial charge >= 0.3 is 0 Å². The molecule has 4 rings (SSSR count). The van der Waals surface area contributed by atoms with Gasteiger partial charge in [-0.2, -0.15) is 0 Å². The van der Waals surface area contributed by atoms with Gasteiger partial charge in [-0.05, 0) is 36.4 Å². The number of benzene rings is 1. The molecule has 4 aromatic rings. The summed E-state index contributed by atoms with van der Waals surface area (Å²) in [6.07, 6.45) is 5.57. The zero-order chi connectivity index (χ0) is 17.8. The van der Waals surface area contributed by atoms with E-state index < -0.39 is 0 Å². The van der Waals surface area contributed by atoms with Gasteiger partial charge in [0.1, 0.15) is 11.3 Å². The van der Waals surface area contributed by atoms with Crippen molar-refractivity contribution in [3.05, 3.63) is 84.6 Å². The molecule has 0 spiro atoms. The number of hydrogen-bond donors (Lipinski definition) is 1. The molecule has 3 aromatic heterocycles. The minimum atomic E-state index is -0.118. The molecule has 6 heteroatoms. The molecule has 0 unspecified atom stereocenters. The van der Waals surface area contributed by atoms with E-state index in [0.29, 0.717) is 18.5 Å². The molecule has 3 heterocycles. The Kier molecular flexibility index (Phi) is 4.38. The second-order valence-corrected chi connectivity index (χ2v) is 5.79. The van der Waals surface area contributed by atoms with Gasteiger partial charge in [0.25, 0.3) is 5.91 Å². The van der Waals surface area contributed by atoms with Gasteiger partial charge in [0.15, 0.2) is 5.65 Å². The van der Waals surface area contributed by atoms with Crippen molar-refractivity contribution in [2.75, 3.05) is 6.54 Å². The Morgan fingerprint density at radius 2 is 1.77 bits per heavy atom. The molecule has 0 aliphatic rings. The molecule has 0 radical (unpaired) electrons. The predicted octanol–water partition coefficient (Wildman–Crippen LogP) is 2.79. The molecule has 1 aromatic carbocycles. The molecule has 0 saturated carbocycles. The topological polar surface area (TPSA) is 72.7 Å². The Bertz CT molecular complexity index is 1030. The number of amides is 1.